The topological polar surface area (TPSA) is 29.5 Å². The van der Waals surface area contributed by atoms with E-state index >= 15 is 0 Å². The molecule has 1 unspecified atom stereocenters. The Labute approximate surface area is 97.0 Å². The molecule has 1 atom stereocenters. The van der Waals surface area contributed by atoms with Crippen LogP contribution in [0.3, 0.4) is 0 Å². The second kappa shape index (κ2) is 4.75. The maximum Gasteiger partial charge on any atom is 0.118 e. The van der Waals surface area contributed by atoms with Gasteiger partial charge in [-0.05, 0) is 48.1 Å². The van der Waals surface area contributed by atoms with Crippen molar-refractivity contribution in [1.82, 2.24) is 0 Å². The average Bonchev–Trinajstić information content (AvgIpc) is 2.50. The highest BCUT2D eigenvalue weighted by molar-refractivity contribution is 9.10. The van der Waals surface area contributed by atoms with Gasteiger partial charge in [0.15, 0.2) is 0 Å². The predicted molar refractivity (Wildman–Crippen MR) is 62.7 cm³/mol. The van der Waals surface area contributed by atoms with Crippen LogP contribution in [0.4, 0.5) is 0 Å². The van der Waals surface area contributed by atoms with Crippen molar-refractivity contribution in [2.45, 2.75) is 32.5 Å². The van der Waals surface area contributed by atoms with E-state index < -0.39 is 11.7 Å². The van der Waals surface area contributed by atoms with Gasteiger partial charge in [0, 0.05) is 11.1 Å². The molecule has 0 aliphatic rings. The molecule has 1 rings (SSSR count). The molecule has 1 N–H and O–H groups in total. The minimum absolute atomic E-state index is 0.540. The average molecular weight is 279 g/mol. The summed E-state index contributed by atoms with van der Waals surface area (Å²) in [4.78, 5) is 0.920. The Morgan fingerprint density at radius 2 is 2.29 bits per heavy atom. The lowest BCUT2D eigenvalue weighted by Crippen LogP contribution is -2.32. The van der Waals surface area contributed by atoms with Crippen LogP contribution in [0, 0.1) is 0 Å². The molecule has 0 aliphatic carbocycles. The molecule has 0 aliphatic heterocycles. The van der Waals surface area contributed by atoms with E-state index in [0.29, 0.717) is 6.61 Å². The fourth-order valence-corrected chi connectivity index (χ4v) is 3.02. The van der Waals surface area contributed by atoms with Crippen LogP contribution in [0.5, 0.6) is 0 Å². The minimum atomic E-state index is -0.586. The fraction of sp³-hybridized carbons (Fsp3) is 0.600. The van der Waals surface area contributed by atoms with Crippen LogP contribution < -0.4 is 0 Å². The Hall–Kier alpha value is 0.100. The molecule has 80 valence electrons. The van der Waals surface area contributed by atoms with E-state index in [2.05, 4.69) is 15.9 Å². The van der Waals surface area contributed by atoms with E-state index in [9.17, 15) is 5.11 Å². The predicted octanol–water partition coefficient (Wildman–Crippen LogP) is 3.36. The standard InChI is InChI=1S/C10H15BrO2S/c1-4-13-10(2,3)9(12)8-7(11)5-6-14-8/h5-6,9,12H,4H2,1-3H3. The lowest BCUT2D eigenvalue weighted by atomic mass is 10.0. The van der Waals surface area contributed by atoms with Crippen LogP contribution in [0.1, 0.15) is 31.8 Å². The Morgan fingerprint density at radius 1 is 1.64 bits per heavy atom. The molecule has 1 heterocycles. The third-order valence-corrected chi connectivity index (χ3v) is 3.99. The zero-order valence-electron chi connectivity index (χ0n) is 8.58. The highest BCUT2D eigenvalue weighted by Gasteiger charge is 2.31. The fourth-order valence-electron chi connectivity index (χ4n) is 1.27. The Balaban J connectivity index is 2.84. The van der Waals surface area contributed by atoms with Gasteiger partial charge in [-0.2, -0.15) is 0 Å². The first kappa shape index (κ1) is 12.2. The molecular weight excluding hydrogens is 264 g/mol. The number of halogens is 1. The lowest BCUT2D eigenvalue weighted by Gasteiger charge is -2.29. The first-order chi connectivity index (χ1) is 6.49. The number of hydrogen-bond acceptors (Lipinski definition) is 3. The number of thiophene rings is 1. The molecule has 0 saturated carbocycles. The number of rotatable bonds is 4. The molecule has 0 fully saturated rings. The Kier molecular flexibility index (Phi) is 4.13. The van der Waals surface area contributed by atoms with Crippen molar-refractivity contribution < 1.29 is 9.84 Å². The maximum absolute atomic E-state index is 10.1. The maximum atomic E-state index is 10.1. The van der Waals surface area contributed by atoms with Gasteiger partial charge in [0.05, 0.1) is 10.5 Å². The third kappa shape index (κ3) is 2.57. The zero-order valence-corrected chi connectivity index (χ0v) is 11.0. The minimum Gasteiger partial charge on any atom is -0.385 e. The normalized spacial score (nSPS) is 14.4. The van der Waals surface area contributed by atoms with Gasteiger partial charge in [-0.15, -0.1) is 11.3 Å². The van der Waals surface area contributed by atoms with Gasteiger partial charge in [-0.1, -0.05) is 0 Å². The van der Waals surface area contributed by atoms with Gasteiger partial charge in [-0.25, -0.2) is 0 Å². The molecule has 0 aromatic carbocycles. The summed E-state index contributed by atoms with van der Waals surface area (Å²) in [6, 6.07) is 1.94. The van der Waals surface area contributed by atoms with Crippen LogP contribution in [0.2, 0.25) is 0 Å². The van der Waals surface area contributed by atoms with E-state index in [-0.39, 0.29) is 0 Å². The van der Waals surface area contributed by atoms with Crippen LogP contribution >= 0.6 is 27.3 Å². The van der Waals surface area contributed by atoms with E-state index in [0.717, 1.165) is 9.35 Å². The summed E-state index contributed by atoms with van der Waals surface area (Å²) in [5.74, 6) is 0. The molecule has 1 aromatic heterocycles. The van der Waals surface area contributed by atoms with Crippen LogP contribution in [0.25, 0.3) is 0 Å². The van der Waals surface area contributed by atoms with E-state index in [1.807, 2.05) is 32.2 Å². The monoisotopic (exact) mass is 278 g/mol. The largest absolute Gasteiger partial charge is 0.385 e. The van der Waals surface area contributed by atoms with Gasteiger partial charge in [0.1, 0.15) is 6.10 Å². The summed E-state index contributed by atoms with van der Waals surface area (Å²) in [6.07, 6.45) is -0.586. The van der Waals surface area contributed by atoms with Crippen molar-refractivity contribution >= 4 is 27.3 Å². The summed E-state index contributed by atoms with van der Waals surface area (Å²) >= 11 is 4.94. The van der Waals surface area contributed by atoms with Crippen LogP contribution in [-0.2, 0) is 4.74 Å². The Bertz CT molecular complexity index is 296. The van der Waals surface area contributed by atoms with E-state index in [1.54, 1.807) is 0 Å². The van der Waals surface area contributed by atoms with E-state index in [4.69, 9.17) is 4.74 Å². The van der Waals surface area contributed by atoms with Gasteiger partial charge in [0.2, 0.25) is 0 Å². The summed E-state index contributed by atoms with van der Waals surface area (Å²) in [5.41, 5.74) is -0.540. The first-order valence-electron chi connectivity index (χ1n) is 4.54. The number of hydrogen-bond donors (Lipinski definition) is 1. The van der Waals surface area contributed by atoms with E-state index in [1.165, 1.54) is 11.3 Å². The first-order valence-corrected chi connectivity index (χ1v) is 6.21. The molecule has 0 saturated heterocycles. The number of ether oxygens (including phenoxy) is 1. The number of aliphatic hydroxyl groups is 1. The van der Waals surface area contributed by atoms with Crippen molar-refractivity contribution in [3.05, 3.63) is 20.8 Å². The smallest absolute Gasteiger partial charge is 0.118 e. The van der Waals surface area contributed by atoms with Crippen molar-refractivity contribution in [1.29, 1.82) is 0 Å². The Morgan fingerprint density at radius 3 is 2.71 bits per heavy atom. The lowest BCUT2D eigenvalue weighted by molar-refractivity contribution is -0.0972. The van der Waals surface area contributed by atoms with Crippen molar-refractivity contribution in [2.24, 2.45) is 0 Å². The summed E-state index contributed by atoms with van der Waals surface area (Å²) < 4.78 is 6.45. The van der Waals surface area contributed by atoms with Crippen molar-refractivity contribution in [3.63, 3.8) is 0 Å². The summed E-state index contributed by atoms with van der Waals surface area (Å²) in [7, 11) is 0. The molecule has 0 radical (unpaired) electrons. The molecule has 14 heavy (non-hydrogen) atoms. The summed E-state index contributed by atoms with van der Waals surface area (Å²) in [6.45, 7) is 6.33. The molecule has 0 amide bonds. The van der Waals surface area contributed by atoms with Gasteiger partial charge in [-0.3, -0.25) is 0 Å². The van der Waals surface area contributed by atoms with Crippen molar-refractivity contribution in [3.8, 4) is 0 Å². The molecule has 0 spiro atoms. The van der Waals surface area contributed by atoms with Crippen LogP contribution in [0.15, 0.2) is 15.9 Å². The second-order valence-corrected chi connectivity index (χ2v) is 5.37. The number of aliphatic hydroxyl groups excluding tert-OH is 1. The molecular formula is C10H15BrO2S. The highest BCUT2D eigenvalue weighted by Crippen LogP contribution is 2.36. The second-order valence-electron chi connectivity index (χ2n) is 3.57. The zero-order chi connectivity index (χ0) is 10.8. The molecule has 0 bridgehead atoms. The summed E-state index contributed by atoms with van der Waals surface area (Å²) in [5, 5.41) is 12.1. The molecule has 4 heteroatoms. The molecule has 2 nitrogen and oxygen atoms in total. The SMILES string of the molecule is CCOC(C)(C)C(O)c1sccc1Br. The van der Waals surface area contributed by atoms with Gasteiger partial charge >= 0.3 is 0 Å². The van der Waals surface area contributed by atoms with Gasteiger partial charge in [0.25, 0.3) is 0 Å². The quantitative estimate of drug-likeness (QED) is 0.915. The molecule has 1 aromatic rings. The third-order valence-electron chi connectivity index (χ3n) is 2.07. The van der Waals surface area contributed by atoms with Crippen molar-refractivity contribution in [2.75, 3.05) is 6.61 Å². The van der Waals surface area contributed by atoms with Gasteiger partial charge < -0.3 is 9.84 Å². The highest BCUT2D eigenvalue weighted by atomic mass is 79.9. The van der Waals surface area contributed by atoms with Crippen LogP contribution in [-0.4, -0.2) is 17.3 Å².